The molecule has 0 N–H and O–H groups in total. The molecule has 0 aromatic heterocycles. The molecule has 0 aliphatic rings. The number of hydrogen-bond acceptors (Lipinski definition) is 2. The van der Waals surface area contributed by atoms with E-state index in [1.807, 2.05) is 12.1 Å². The third-order valence-corrected chi connectivity index (χ3v) is 8.50. The third kappa shape index (κ3) is 7.92. The second-order valence-corrected chi connectivity index (χ2v) is 11.8. The molecule has 0 fully saturated rings. The van der Waals surface area contributed by atoms with E-state index in [9.17, 15) is 0 Å². The molecule has 0 aliphatic heterocycles. The zero-order valence-corrected chi connectivity index (χ0v) is 27.9. The van der Waals surface area contributed by atoms with Gasteiger partial charge in [0.15, 0.2) is 0 Å². The van der Waals surface area contributed by atoms with Gasteiger partial charge >= 0.3 is 0 Å². The molecule has 7 aromatic rings. The molecule has 0 bridgehead atoms. The lowest BCUT2D eigenvalue weighted by Gasteiger charge is -2.27. The van der Waals surface area contributed by atoms with Gasteiger partial charge < -0.3 is 9.64 Å². The van der Waals surface area contributed by atoms with Crippen molar-refractivity contribution in [3.8, 4) is 39.1 Å². The highest BCUT2D eigenvalue weighted by atomic mass is 16.5. The van der Waals surface area contributed by atoms with Gasteiger partial charge in [-0.25, -0.2) is 0 Å². The summed E-state index contributed by atoms with van der Waals surface area (Å²) < 4.78 is 5.01. The van der Waals surface area contributed by atoms with Crippen LogP contribution in [-0.4, -0.2) is 7.11 Å². The molecule has 2 nitrogen and oxygen atoms in total. The zero-order chi connectivity index (χ0) is 33.1. The quantitative estimate of drug-likeness (QED) is 0.167. The second-order valence-electron chi connectivity index (χ2n) is 11.8. The highest BCUT2D eigenvalue weighted by Gasteiger charge is 2.15. The largest absolute Gasteiger partial charge is 0.497 e. The van der Waals surface area contributed by atoms with Crippen molar-refractivity contribution in [3.05, 3.63) is 193 Å². The maximum atomic E-state index is 5.01. The first kappa shape index (κ1) is 32.1. The average molecular weight is 624 g/mol. The number of ether oxygens (including phenoxy) is 1. The van der Waals surface area contributed by atoms with E-state index in [2.05, 4.69) is 189 Å². The van der Waals surface area contributed by atoms with Crippen molar-refractivity contribution < 1.29 is 4.74 Å². The van der Waals surface area contributed by atoms with E-state index in [1.165, 1.54) is 44.5 Å². The van der Waals surface area contributed by atoms with Crippen LogP contribution in [0, 0.1) is 6.92 Å². The molecule has 0 saturated carbocycles. The Morgan fingerprint density at radius 1 is 0.417 bits per heavy atom. The first-order valence-electron chi connectivity index (χ1n) is 16.5. The van der Waals surface area contributed by atoms with E-state index in [0.29, 0.717) is 0 Å². The van der Waals surface area contributed by atoms with E-state index in [-0.39, 0.29) is 0 Å². The summed E-state index contributed by atoms with van der Waals surface area (Å²) in [5, 5.41) is 0. The average Bonchev–Trinajstić information content (AvgIpc) is 3.17. The minimum absolute atomic E-state index is 0.928. The smallest absolute Gasteiger partial charge is 0.118 e. The Hall–Kier alpha value is -5.86. The van der Waals surface area contributed by atoms with Gasteiger partial charge in [-0.05, 0) is 101 Å². The fraction of sp³-hybridized carbons (Fsp3) is 0.0870. The predicted octanol–water partition coefficient (Wildman–Crippen LogP) is 12.7. The van der Waals surface area contributed by atoms with E-state index in [0.717, 1.165) is 29.2 Å². The van der Waals surface area contributed by atoms with Crippen LogP contribution in [0.25, 0.3) is 33.4 Å². The molecule has 7 aromatic carbocycles. The molecular formula is C46H41NO. The number of nitrogens with zero attached hydrogens (tertiary/aromatic N) is 1. The van der Waals surface area contributed by atoms with Crippen molar-refractivity contribution in [1.29, 1.82) is 0 Å². The van der Waals surface area contributed by atoms with Crippen LogP contribution in [0.5, 0.6) is 5.75 Å². The van der Waals surface area contributed by atoms with Gasteiger partial charge in [-0.3, -0.25) is 0 Å². The highest BCUT2D eigenvalue weighted by molar-refractivity contribution is 5.83. The highest BCUT2D eigenvalue weighted by Crippen LogP contribution is 2.39. The van der Waals surface area contributed by atoms with E-state index >= 15 is 0 Å². The Labute approximate surface area is 285 Å². The van der Waals surface area contributed by atoms with Crippen molar-refractivity contribution in [2.75, 3.05) is 12.0 Å². The van der Waals surface area contributed by atoms with Crippen LogP contribution < -0.4 is 9.64 Å². The van der Waals surface area contributed by atoms with Gasteiger partial charge in [0.1, 0.15) is 5.75 Å². The number of methoxy groups -OCH3 is 1. The first-order valence-corrected chi connectivity index (χ1v) is 16.5. The molecule has 0 aliphatic carbocycles. The molecule has 7 rings (SSSR count). The SMILES string of the molecule is CCc1ccc(OC)cc1.Cc1ccc(-c2ccc(N(c3cccc(-c4ccccc4)c3)c3cccc(-c4ccccc4)c3)cc2)cc1. The molecule has 48 heavy (non-hydrogen) atoms. The number of rotatable bonds is 8. The molecule has 0 unspecified atom stereocenters. The fourth-order valence-corrected chi connectivity index (χ4v) is 5.77. The first-order chi connectivity index (χ1) is 23.6. The molecule has 0 saturated heterocycles. The van der Waals surface area contributed by atoms with Crippen molar-refractivity contribution in [3.63, 3.8) is 0 Å². The van der Waals surface area contributed by atoms with Gasteiger partial charge in [0, 0.05) is 17.1 Å². The van der Waals surface area contributed by atoms with Crippen molar-refractivity contribution in [2.45, 2.75) is 20.3 Å². The third-order valence-electron chi connectivity index (χ3n) is 8.50. The number of hydrogen-bond donors (Lipinski definition) is 0. The topological polar surface area (TPSA) is 12.5 Å². The van der Waals surface area contributed by atoms with Gasteiger partial charge in [0.2, 0.25) is 0 Å². The Bertz CT molecular complexity index is 1910. The molecule has 0 heterocycles. The zero-order valence-electron chi connectivity index (χ0n) is 27.9. The van der Waals surface area contributed by atoms with Crippen LogP contribution >= 0.6 is 0 Å². The molecule has 0 atom stereocenters. The molecule has 236 valence electrons. The number of benzene rings is 7. The minimum atomic E-state index is 0.928. The van der Waals surface area contributed by atoms with Gasteiger partial charge in [0.05, 0.1) is 7.11 Å². The molecule has 0 amide bonds. The van der Waals surface area contributed by atoms with Crippen molar-refractivity contribution in [1.82, 2.24) is 0 Å². The maximum absolute atomic E-state index is 5.01. The maximum Gasteiger partial charge on any atom is 0.118 e. The van der Waals surface area contributed by atoms with E-state index < -0.39 is 0 Å². The summed E-state index contributed by atoms with van der Waals surface area (Å²) in [7, 11) is 1.68. The van der Waals surface area contributed by atoms with E-state index in [4.69, 9.17) is 4.74 Å². The summed E-state index contributed by atoms with van der Waals surface area (Å²) in [6.45, 7) is 4.26. The summed E-state index contributed by atoms with van der Waals surface area (Å²) >= 11 is 0. The van der Waals surface area contributed by atoms with Gasteiger partial charge in [-0.1, -0.05) is 146 Å². The summed E-state index contributed by atoms with van der Waals surface area (Å²) in [6, 6.07) is 64.4. The fourth-order valence-electron chi connectivity index (χ4n) is 5.77. The minimum Gasteiger partial charge on any atom is -0.497 e. The normalized spacial score (nSPS) is 10.5. The van der Waals surface area contributed by atoms with Crippen LogP contribution in [0.3, 0.4) is 0 Å². The standard InChI is InChI=1S/C37H29N.C9H12O/c1-28-18-20-31(21-19-28)32-22-24-35(25-23-32)38(36-16-8-14-33(26-36)29-10-4-2-5-11-29)37-17-9-15-34(27-37)30-12-6-3-7-13-30;1-3-8-4-6-9(10-2)7-5-8/h2-27H,1H3;4-7H,3H2,1-2H3. The molecule has 0 spiro atoms. The van der Waals surface area contributed by atoms with Crippen LogP contribution in [0.15, 0.2) is 182 Å². The monoisotopic (exact) mass is 623 g/mol. The van der Waals surface area contributed by atoms with Crippen LogP contribution in [0.2, 0.25) is 0 Å². The van der Waals surface area contributed by atoms with Crippen molar-refractivity contribution >= 4 is 17.1 Å². The summed E-state index contributed by atoms with van der Waals surface area (Å²) in [5.74, 6) is 0.928. The van der Waals surface area contributed by atoms with Crippen LogP contribution in [0.1, 0.15) is 18.1 Å². The van der Waals surface area contributed by atoms with Crippen LogP contribution in [0.4, 0.5) is 17.1 Å². The van der Waals surface area contributed by atoms with Crippen LogP contribution in [-0.2, 0) is 6.42 Å². The van der Waals surface area contributed by atoms with Gasteiger partial charge in [-0.15, -0.1) is 0 Å². The predicted molar refractivity (Wildman–Crippen MR) is 205 cm³/mol. The van der Waals surface area contributed by atoms with E-state index in [1.54, 1.807) is 7.11 Å². The lowest BCUT2D eigenvalue weighted by molar-refractivity contribution is 0.414. The Balaban J connectivity index is 0.000000345. The molecule has 2 heteroatoms. The summed E-state index contributed by atoms with van der Waals surface area (Å²) in [5.41, 5.74) is 13.2. The second kappa shape index (κ2) is 15.6. The summed E-state index contributed by atoms with van der Waals surface area (Å²) in [4.78, 5) is 2.35. The molecular weight excluding hydrogens is 583 g/mol. The Morgan fingerprint density at radius 3 is 1.31 bits per heavy atom. The Morgan fingerprint density at radius 2 is 0.854 bits per heavy atom. The number of anilines is 3. The molecule has 0 radical (unpaired) electrons. The Kier molecular flexibility index (Phi) is 10.4. The lowest BCUT2D eigenvalue weighted by atomic mass is 10.0. The lowest BCUT2D eigenvalue weighted by Crippen LogP contribution is -2.10. The van der Waals surface area contributed by atoms with Crippen molar-refractivity contribution in [2.24, 2.45) is 0 Å². The number of aryl methyl sites for hydroxylation is 2. The van der Waals surface area contributed by atoms with Gasteiger partial charge in [0.25, 0.3) is 0 Å². The summed E-state index contributed by atoms with van der Waals surface area (Å²) in [6.07, 6.45) is 1.09. The van der Waals surface area contributed by atoms with Gasteiger partial charge in [-0.2, -0.15) is 0 Å².